The summed E-state index contributed by atoms with van der Waals surface area (Å²) in [5.41, 5.74) is 7.38. The van der Waals surface area contributed by atoms with Gasteiger partial charge in [-0.3, -0.25) is 0 Å². The number of hydrogen-bond acceptors (Lipinski definition) is 3. The average Bonchev–Trinajstić information content (AvgIpc) is 2.46. The van der Waals surface area contributed by atoms with Gasteiger partial charge in [-0.25, -0.2) is 4.39 Å². The van der Waals surface area contributed by atoms with Crippen LogP contribution in [0.4, 0.5) is 15.8 Å². The van der Waals surface area contributed by atoms with Crippen molar-refractivity contribution >= 4 is 28.6 Å². The predicted molar refractivity (Wildman–Crippen MR) is 83.3 cm³/mol. The van der Waals surface area contributed by atoms with E-state index < -0.39 is 5.82 Å². The second-order valence-corrected chi connectivity index (χ2v) is 4.70. The summed E-state index contributed by atoms with van der Waals surface area (Å²) in [6.07, 6.45) is 0. The third-order valence-corrected chi connectivity index (χ3v) is 3.26. The highest BCUT2D eigenvalue weighted by atomic mass is 32.1. The largest absolute Gasteiger partial charge is 0.497 e. The van der Waals surface area contributed by atoms with Gasteiger partial charge in [-0.15, -0.1) is 0 Å². The van der Waals surface area contributed by atoms with Crippen molar-refractivity contribution in [2.45, 2.75) is 0 Å². The summed E-state index contributed by atoms with van der Waals surface area (Å²) >= 11 is 4.94. The topological polar surface area (TPSA) is 38.5 Å². The molecule has 0 aliphatic carbocycles. The van der Waals surface area contributed by atoms with Crippen LogP contribution in [0.3, 0.4) is 0 Å². The van der Waals surface area contributed by atoms with Crippen LogP contribution in [0, 0.1) is 5.82 Å². The number of halogens is 1. The van der Waals surface area contributed by atoms with Crippen LogP contribution in [0.1, 0.15) is 5.56 Å². The van der Waals surface area contributed by atoms with E-state index in [1.54, 1.807) is 19.2 Å². The van der Waals surface area contributed by atoms with Gasteiger partial charge in [-0.1, -0.05) is 18.3 Å². The Labute approximate surface area is 122 Å². The minimum absolute atomic E-state index is 0.0402. The normalized spacial score (nSPS) is 10.2. The Kier molecular flexibility index (Phi) is 4.20. The molecule has 3 nitrogen and oxygen atoms in total. The van der Waals surface area contributed by atoms with E-state index in [0.29, 0.717) is 5.69 Å². The molecule has 0 amide bonds. The number of nitrogens with zero attached hydrogens (tertiary/aromatic N) is 1. The van der Waals surface area contributed by atoms with E-state index in [1.165, 1.54) is 6.07 Å². The first-order valence-corrected chi connectivity index (χ1v) is 6.41. The highest BCUT2D eigenvalue weighted by Crippen LogP contribution is 2.29. The molecule has 5 heteroatoms. The highest BCUT2D eigenvalue weighted by molar-refractivity contribution is 7.80. The molecule has 0 aliphatic heterocycles. The van der Waals surface area contributed by atoms with Crippen LogP contribution in [0.15, 0.2) is 42.5 Å². The quantitative estimate of drug-likeness (QED) is 0.877. The molecule has 2 aromatic carbocycles. The lowest BCUT2D eigenvalue weighted by Crippen LogP contribution is -2.19. The number of thiocarbonyl (C=S) groups is 1. The van der Waals surface area contributed by atoms with Crippen LogP contribution in [-0.2, 0) is 0 Å². The predicted octanol–water partition coefficient (Wildman–Crippen LogP) is 3.24. The summed E-state index contributed by atoms with van der Waals surface area (Å²) in [5.74, 6) is 0.339. The van der Waals surface area contributed by atoms with Crippen LogP contribution < -0.4 is 15.4 Å². The van der Waals surface area contributed by atoms with Gasteiger partial charge in [0, 0.05) is 12.7 Å². The Bertz CT molecular complexity index is 628. The molecule has 2 rings (SSSR count). The molecule has 2 N–H and O–H groups in total. The highest BCUT2D eigenvalue weighted by Gasteiger charge is 2.15. The zero-order valence-corrected chi connectivity index (χ0v) is 12.1. The molecular weight excluding hydrogens is 275 g/mol. The van der Waals surface area contributed by atoms with Crippen LogP contribution >= 0.6 is 12.2 Å². The Balaban J connectivity index is 2.44. The van der Waals surface area contributed by atoms with Crippen LogP contribution in [0.5, 0.6) is 5.75 Å². The van der Waals surface area contributed by atoms with Crippen molar-refractivity contribution in [2.24, 2.45) is 5.73 Å². The summed E-state index contributed by atoms with van der Waals surface area (Å²) in [6.45, 7) is 0. The molecule has 0 aliphatic rings. The maximum absolute atomic E-state index is 13.9. The van der Waals surface area contributed by atoms with E-state index in [1.807, 2.05) is 36.2 Å². The van der Waals surface area contributed by atoms with Gasteiger partial charge < -0.3 is 15.4 Å². The molecule has 0 aromatic heterocycles. The minimum Gasteiger partial charge on any atom is -0.497 e. The van der Waals surface area contributed by atoms with Gasteiger partial charge in [0.2, 0.25) is 0 Å². The van der Waals surface area contributed by atoms with E-state index in [0.717, 1.165) is 11.4 Å². The maximum atomic E-state index is 13.9. The van der Waals surface area contributed by atoms with Gasteiger partial charge >= 0.3 is 0 Å². The number of benzene rings is 2. The number of anilines is 2. The number of nitrogens with two attached hydrogens (primary N) is 1. The van der Waals surface area contributed by atoms with Crippen molar-refractivity contribution in [3.8, 4) is 5.75 Å². The van der Waals surface area contributed by atoms with E-state index in [-0.39, 0.29) is 10.6 Å². The second kappa shape index (κ2) is 5.88. The van der Waals surface area contributed by atoms with E-state index in [9.17, 15) is 4.39 Å². The lowest BCUT2D eigenvalue weighted by Gasteiger charge is -2.22. The molecule has 0 spiro atoms. The molecule has 104 valence electrons. The van der Waals surface area contributed by atoms with Gasteiger partial charge in [0.15, 0.2) is 0 Å². The Morgan fingerprint density at radius 2 is 1.85 bits per heavy atom. The Hall–Kier alpha value is -2.14. The van der Waals surface area contributed by atoms with Gasteiger partial charge in [-0.2, -0.15) is 0 Å². The fraction of sp³-hybridized carbons (Fsp3) is 0.133. The number of ether oxygens (including phenoxy) is 1. The van der Waals surface area contributed by atoms with E-state index >= 15 is 0 Å². The van der Waals surface area contributed by atoms with Gasteiger partial charge in [-0.05, 0) is 36.4 Å². The first-order chi connectivity index (χ1) is 9.54. The fourth-order valence-electron chi connectivity index (χ4n) is 1.98. The zero-order chi connectivity index (χ0) is 14.7. The summed E-state index contributed by atoms with van der Waals surface area (Å²) in [7, 11) is 3.44. The van der Waals surface area contributed by atoms with Crippen LogP contribution in [0.2, 0.25) is 0 Å². The second-order valence-electron chi connectivity index (χ2n) is 4.26. The molecule has 20 heavy (non-hydrogen) atoms. The summed E-state index contributed by atoms with van der Waals surface area (Å²) in [4.78, 5) is 1.87. The van der Waals surface area contributed by atoms with Crippen molar-refractivity contribution in [1.29, 1.82) is 0 Å². The Morgan fingerprint density at radius 1 is 1.20 bits per heavy atom. The smallest absolute Gasteiger partial charge is 0.135 e. The minimum atomic E-state index is -0.421. The zero-order valence-electron chi connectivity index (χ0n) is 11.3. The monoisotopic (exact) mass is 290 g/mol. The van der Waals surface area contributed by atoms with Crippen molar-refractivity contribution in [3.05, 3.63) is 53.8 Å². The molecule has 0 atom stereocenters. The lowest BCUT2D eigenvalue weighted by molar-refractivity contribution is 0.415. The van der Waals surface area contributed by atoms with Crippen molar-refractivity contribution in [3.63, 3.8) is 0 Å². The standard InChI is InChI=1S/C15H15FN2OS/c1-18(10-6-8-11(19-2)9-7-10)13-5-3-4-12(16)14(13)15(17)20/h3-9H,1-2H3,(H2,17,20). The van der Waals surface area contributed by atoms with Crippen molar-refractivity contribution in [1.82, 2.24) is 0 Å². The van der Waals surface area contributed by atoms with E-state index in [2.05, 4.69) is 0 Å². The fourth-order valence-corrected chi connectivity index (χ4v) is 2.18. The first kappa shape index (κ1) is 14.3. The molecule has 2 aromatic rings. The SMILES string of the molecule is COc1ccc(N(C)c2cccc(F)c2C(N)=S)cc1. The molecule has 0 bridgehead atoms. The average molecular weight is 290 g/mol. The van der Waals surface area contributed by atoms with Crippen molar-refractivity contribution < 1.29 is 9.13 Å². The third-order valence-electron chi connectivity index (χ3n) is 3.06. The lowest BCUT2D eigenvalue weighted by atomic mass is 10.1. The summed E-state index contributed by atoms with van der Waals surface area (Å²) in [5, 5.41) is 0. The third kappa shape index (κ3) is 2.72. The molecule has 0 saturated carbocycles. The van der Waals surface area contributed by atoms with Gasteiger partial charge in [0.05, 0.1) is 18.4 Å². The first-order valence-electron chi connectivity index (χ1n) is 6.00. The summed E-state index contributed by atoms with van der Waals surface area (Å²) in [6, 6.07) is 12.2. The summed E-state index contributed by atoms with van der Waals surface area (Å²) < 4.78 is 19.0. The molecular formula is C15H15FN2OS. The number of rotatable bonds is 4. The number of hydrogen-bond donors (Lipinski definition) is 1. The Morgan fingerprint density at radius 3 is 2.40 bits per heavy atom. The molecule has 0 unspecified atom stereocenters. The van der Waals surface area contributed by atoms with Gasteiger partial charge in [0.25, 0.3) is 0 Å². The van der Waals surface area contributed by atoms with Gasteiger partial charge in [0.1, 0.15) is 16.6 Å². The van der Waals surface area contributed by atoms with Crippen LogP contribution in [-0.4, -0.2) is 19.1 Å². The molecule has 0 fully saturated rings. The molecule has 0 radical (unpaired) electrons. The maximum Gasteiger partial charge on any atom is 0.135 e. The number of methoxy groups -OCH3 is 1. The van der Waals surface area contributed by atoms with Crippen LogP contribution in [0.25, 0.3) is 0 Å². The van der Waals surface area contributed by atoms with Crippen molar-refractivity contribution in [2.75, 3.05) is 19.1 Å². The molecule has 0 heterocycles. The molecule has 0 saturated heterocycles. The van der Waals surface area contributed by atoms with E-state index in [4.69, 9.17) is 22.7 Å².